The fraction of sp³-hybridized carbons (Fsp3) is 0.517. The summed E-state index contributed by atoms with van der Waals surface area (Å²) in [6, 6.07) is 8.61. The van der Waals surface area contributed by atoms with Gasteiger partial charge in [0.1, 0.15) is 17.7 Å². The van der Waals surface area contributed by atoms with E-state index in [0.717, 1.165) is 48.6 Å². The Labute approximate surface area is 229 Å². The summed E-state index contributed by atoms with van der Waals surface area (Å²) in [5, 5.41) is 24.0. The smallest absolute Gasteiger partial charge is 0.407 e. The van der Waals surface area contributed by atoms with Crippen LogP contribution in [0.1, 0.15) is 56.2 Å². The molecule has 0 saturated carbocycles. The number of alkyl carbamates (subject to hydrolysis) is 1. The van der Waals surface area contributed by atoms with Crippen LogP contribution in [0.25, 0.3) is 0 Å². The van der Waals surface area contributed by atoms with E-state index in [4.69, 9.17) is 10.5 Å². The number of nitrogens with two attached hydrogens (primary N) is 1. The van der Waals surface area contributed by atoms with Crippen molar-refractivity contribution in [3.63, 3.8) is 0 Å². The molecule has 1 unspecified atom stereocenters. The van der Waals surface area contributed by atoms with Gasteiger partial charge in [-0.25, -0.2) is 13.6 Å². The Bertz CT molecular complexity index is 1050. The molecular weight excluding hydrogens is 508 g/mol. The Kier molecular flexibility index (Phi) is 13.3. The summed E-state index contributed by atoms with van der Waals surface area (Å²) in [6.45, 7) is 3.89. The highest BCUT2D eigenvalue weighted by molar-refractivity contribution is 5.85. The molecule has 2 aromatic carbocycles. The first kappa shape index (κ1) is 32.1. The Morgan fingerprint density at radius 3 is 2.33 bits per heavy atom. The lowest BCUT2D eigenvalue weighted by atomic mass is 9.99. The average molecular weight is 550 g/mol. The number of halogens is 2. The molecule has 0 aliphatic heterocycles. The van der Waals surface area contributed by atoms with Crippen molar-refractivity contribution < 1.29 is 33.3 Å². The summed E-state index contributed by atoms with van der Waals surface area (Å²) >= 11 is 0. The molecule has 0 aromatic heterocycles. The Hall–Kier alpha value is -3.08. The third-order valence-corrected chi connectivity index (χ3v) is 6.55. The molecule has 0 bridgehead atoms. The number of unbranched alkanes of at least 4 members (excludes halogenated alkanes) is 1. The number of carbonyl (C=O) groups excluding carboxylic acids is 2. The van der Waals surface area contributed by atoms with Crippen LogP contribution >= 0.6 is 0 Å². The van der Waals surface area contributed by atoms with Gasteiger partial charge in [-0.05, 0) is 48.1 Å². The minimum atomic E-state index is -1.25. The summed E-state index contributed by atoms with van der Waals surface area (Å²) < 4.78 is 32.0. The highest BCUT2D eigenvalue weighted by Gasteiger charge is 2.31. The average Bonchev–Trinajstić information content (AvgIpc) is 2.90. The number of aliphatic hydroxyl groups is 2. The first-order valence-electron chi connectivity index (χ1n) is 13.3. The van der Waals surface area contributed by atoms with Gasteiger partial charge in [-0.2, -0.15) is 0 Å². The second kappa shape index (κ2) is 16.1. The number of carbonyl (C=O) groups is 2. The number of benzene rings is 2. The molecule has 8 nitrogen and oxygen atoms in total. The van der Waals surface area contributed by atoms with E-state index in [0.29, 0.717) is 6.42 Å². The van der Waals surface area contributed by atoms with Crippen LogP contribution in [-0.4, -0.2) is 65.1 Å². The van der Waals surface area contributed by atoms with Crippen LogP contribution in [0.5, 0.6) is 0 Å². The minimum absolute atomic E-state index is 0.0250. The zero-order valence-electron chi connectivity index (χ0n) is 22.9. The number of nitrogens with one attached hydrogen (secondary N) is 1. The highest BCUT2D eigenvalue weighted by Crippen LogP contribution is 2.16. The predicted molar refractivity (Wildman–Crippen MR) is 145 cm³/mol. The molecule has 216 valence electrons. The maximum atomic E-state index is 13.8. The van der Waals surface area contributed by atoms with E-state index in [-0.39, 0.29) is 31.5 Å². The topological polar surface area (TPSA) is 125 Å². The molecule has 0 aliphatic rings. The summed E-state index contributed by atoms with van der Waals surface area (Å²) in [5.74, 6) is -2.03. The molecule has 5 N–H and O–H groups in total. The van der Waals surface area contributed by atoms with Gasteiger partial charge in [-0.15, -0.1) is 0 Å². The molecule has 39 heavy (non-hydrogen) atoms. The van der Waals surface area contributed by atoms with E-state index in [1.54, 1.807) is 0 Å². The van der Waals surface area contributed by atoms with Crippen LogP contribution in [0.2, 0.25) is 0 Å². The molecule has 0 fully saturated rings. The first-order valence-corrected chi connectivity index (χ1v) is 13.3. The fourth-order valence-corrected chi connectivity index (χ4v) is 4.37. The number of aliphatic hydroxyl groups excluding tert-OH is 2. The summed E-state index contributed by atoms with van der Waals surface area (Å²) in [4.78, 5) is 27.2. The van der Waals surface area contributed by atoms with Gasteiger partial charge < -0.3 is 30.9 Å². The normalized spacial score (nSPS) is 14.3. The van der Waals surface area contributed by atoms with E-state index in [1.165, 1.54) is 12.0 Å². The van der Waals surface area contributed by atoms with Gasteiger partial charge in [0.25, 0.3) is 0 Å². The molecule has 0 spiro atoms. The third-order valence-electron chi connectivity index (χ3n) is 6.55. The Morgan fingerprint density at radius 2 is 1.72 bits per heavy atom. The van der Waals surface area contributed by atoms with Crippen LogP contribution < -0.4 is 11.1 Å². The van der Waals surface area contributed by atoms with Crippen LogP contribution in [0.4, 0.5) is 13.6 Å². The van der Waals surface area contributed by atoms with Crippen LogP contribution in [0, 0.1) is 11.6 Å². The Morgan fingerprint density at radius 1 is 1.05 bits per heavy atom. The summed E-state index contributed by atoms with van der Waals surface area (Å²) in [5.41, 5.74) is 8.33. The lowest BCUT2D eigenvalue weighted by Crippen LogP contribution is -2.53. The third kappa shape index (κ3) is 10.9. The monoisotopic (exact) mass is 549 g/mol. The van der Waals surface area contributed by atoms with Crippen molar-refractivity contribution in [2.45, 2.75) is 83.2 Å². The zero-order valence-corrected chi connectivity index (χ0v) is 22.9. The van der Waals surface area contributed by atoms with Crippen molar-refractivity contribution in [1.82, 2.24) is 10.2 Å². The van der Waals surface area contributed by atoms with E-state index >= 15 is 0 Å². The number of hydrogen-bond donors (Lipinski definition) is 4. The van der Waals surface area contributed by atoms with Crippen molar-refractivity contribution in [3.05, 3.63) is 70.8 Å². The van der Waals surface area contributed by atoms with Gasteiger partial charge >= 0.3 is 6.09 Å². The lowest BCUT2D eigenvalue weighted by molar-refractivity contribution is -0.136. The molecule has 0 heterocycles. The summed E-state index contributed by atoms with van der Waals surface area (Å²) in [6.07, 6.45) is -0.118. The van der Waals surface area contributed by atoms with Crippen LogP contribution in [0.3, 0.4) is 0 Å². The number of rotatable bonds is 15. The van der Waals surface area contributed by atoms with E-state index in [2.05, 4.69) is 5.32 Å². The first-order chi connectivity index (χ1) is 18.6. The molecule has 2 amide bonds. The molecule has 0 saturated heterocycles. The maximum absolute atomic E-state index is 13.8. The van der Waals surface area contributed by atoms with E-state index < -0.39 is 47.9 Å². The van der Waals surface area contributed by atoms with Crippen molar-refractivity contribution in [1.29, 1.82) is 0 Å². The van der Waals surface area contributed by atoms with Gasteiger partial charge in [-0.3, -0.25) is 4.79 Å². The van der Waals surface area contributed by atoms with Crippen LogP contribution in [-0.2, 0) is 28.9 Å². The number of aryl methyl sites for hydroxylation is 1. The second-order valence-electron chi connectivity index (χ2n) is 9.83. The minimum Gasteiger partial charge on any atom is -0.453 e. The van der Waals surface area contributed by atoms with Gasteiger partial charge in [0.05, 0.1) is 19.3 Å². The molecule has 10 heteroatoms. The van der Waals surface area contributed by atoms with Gasteiger partial charge in [0, 0.05) is 31.6 Å². The molecule has 2 rings (SSSR count). The molecule has 4 atom stereocenters. The number of methoxy groups -OCH3 is 1. The Balaban J connectivity index is 2.30. The van der Waals surface area contributed by atoms with Crippen molar-refractivity contribution in [2.24, 2.45) is 5.73 Å². The van der Waals surface area contributed by atoms with Crippen molar-refractivity contribution >= 4 is 12.0 Å². The van der Waals surface area contributed by atoms with Crippen LogP contribution in [0.15, 0.2) is 42.5 Å². The molecule has 2 aromatic rings. The molecule has 0 radical (unpaired) electrons. The van der Waals surface area contributed by atoms with Gasteiger partial charge in [0.15, 0.2) is 0 Å². The lowest BCUT2D eigenvalue weighted by Gasteiger charge is -2.32. The zero-order chi connectivity index (χ0) is 28.9. The van der Waals surface area contributed by atoms with Crippen molar-refractivity contribution in [2.75, 3.05) is 13.7 Å². The fourth-order valence-electron chi connectivity index (χ4n) is 4.37. The number of nitrogens with zero attached hydrogens (tertiary/aromatic N) is 1. The highest BCUT2D eigenvalue weighted by atomic mass is 19.1. The molecular formula is C29H41F2N3O5. The van der Waals surface area contributed by atoms with E-state index in [9.17, 15) is 28.6 Å². The van der Waals surface area contributed by atoms with Gasteiger partial charge in [-0.1, -0.05) is 51.0 Å². The van der Waals surface area contributed by atoms with Gasteiger partial charge in [0.2, 0.25) is 5.91 Å². The number of hydrogen-bond acceptors (Lipinski definition) is 6. The summed E-state index contributed by atoms with van der Waals surface area (Å²) in [7, 11) is 1.18. The quantitative estimate of drug-likeness (QED) is 0.270. The maximum Gasteiger partial charge on any atom is 0.407 e. The predicted octanol–water partition coefficient (Wildman–Crippen LogP) is 3.45. The number of ether oxygens (including phenoxy) is 1. The number of amides is 2. The standard InChI is InChI=1S/C29H41F2N3O5/c1-4-6-10-24(35)16-26(33-29(38)39-3)28(37)34(17-20-9-7-8-19(5-2)11-20)18-27(36)25(32)14-21-12-22(30)15-23(31)13-21/h7-9,11-13,15,24-27,35-36H,4-6,10,14,16-18,32H2,1-3H3,(H,33,38)/t24?,25-,26+,27+/m0/s1. The second-order valence-corrected chi connectivity index (χ2v) is 9.83. The van der Waals surface area contributed by atoms with E-state index in [1.807, 2.05) is 38.1 Å². The SMILES string of the molecule is CCCCC(O)C[C@@H](NC(=O)OC)C(=O)N(Cc1cccc(CC)c1)C[C@@H](O)[C@@H](N)Cc1cc(F)cc(F)c1. The van der Waals surface area contributed by atoms with Crippen molar-refractivity contribution in [3.8, 4) is 0 Å². The molecule has 0 aliphatic carbocycles. The largest absolute Gasteiger partial charge is 0.453 e.